The standard InChI is InChI=1S/C11H23N3O/c1-8(2)10(12)11(15)13-7-9-5-4-6-14(9)3/h8-10H,4-7,12H2,1-3H3,(H,13,15). The summed E-state index contributed by atoms with van der Waals surface area (Å²) >= 11 is 0. The van der Waals surface area contributed by atoms with Crippen molar-refractivity contribution < 1.29 is 4.79 Å². The number of hydrogen-bond acceptors (Lipinski definition) is 3. The van der Waals surface area contributed by atoms with E-state index in [4.69, 9.17) is 5.73 Å². The molecule has 15 heavy (non-hydrogen) atoms. The van der Waals surface area contributed by atoms with E-state index in [0.717, 1.165) is 13.1 Å². The summed E-state index contributed by atoms with van der Waals surface area (Å²) in [6.07, 6.45) is 2.40. The van der Waals surface area contributed by atoms with E-state index in [1.807, 2.05) is 13.8 Å². The van der Waals surface area contributed by atoms with E-state index in [2.05, 4.69) is 17.3 Å². The van der Waals surface area contributed by atoms with Crippen LogP contribution in [-0.4, -0.2) is 43.0 Å². The molecule has 0 bridgehead atoms. The van der Waals surface area contributed by atoms with Gasteiger partial charge in [-0.05, 0) is 32.4 Å². The van der Waals surface area contributed by atoms with E-state index in [-0.39, 0.29) is 17.9 Å². The van der Waals surface area contributed by atoms with Gasteiger partial charge in [-0.25, -0.2) is 0 Å². The maximum Gasteiger partial charge on any atom is 0.237 e. The lowest BCUT2D eigenvalue weighted by Gasteiger charge is -2.21. The Hall–Kier alpha value is -0.610. The summed E-state index contributed by atoms with van der Waals surface area (Å²) in [7, 11) is 2.10. The molecule has 0 saturated carbocycles. The molecule has 0 aromatic rings. The lowest BCUT2D eigenvalue weighted by atomic mass is 10.0. The molecule has 88 valence electrons. The fourth-order valence-electron chi connectivity index (χ4n) is 1.88. The Labute approximate surface area is 92.2 Å². The number of nitrogens with zero attached hydrogens (tertiary/aromatic N) is 1. The molecule has 1 heterocycles. The van der Waals surface area contributed by atoms with Gasteiger partial charge in [-0.15, -0.1) is 0 Å². The highest BCUT2D eigenvalue weighted by Crippen LogP contribution is 2.13. The van der Waals surface area contributed by atoms with Gasteiger partial charge in [0, 0.05) is 12.6 Å². The predicted molar refractivity (Wildman–Crippen MR) is 61.5 cm³/mol. The van der Waals surface area contributed by atoms with E-state index in [0.29, 0.717) is 6.04 Å². The molecule has 0 aliphatic carbocycles. The number of carbonyl (C=O) groups excluding carboxylic acids is 1. The molecular weight excluding hydrogens is 190 g/mol. The van der Waals surface area contributed by atoms with Crippen LogP contribution < -0.4 is 11.1 Å². The third-order valence-electron chi connectivity index (χ3n) is 3.20. The average molecular weight is 213 g/mol. The first kappa shape index (κ1) is 12.5. The van der Waals surface area contributed by atoms with Gasteiger partial charge in [0.1, 0.15) is 0 Å². The predicted octanol–water partition coefficient (Wildman–Crippen LogP) is 0.180. The molecule has 0 radical (unpaired) electrons. The zero-order valence-corrected chi connectivity index (χ0v) is 9.99. The summed E-state index contributed by atoms with van der Waals surface area (Å²) < 4.78 is 0. The summed E-state index contributed by atoms with van der Waals surface area (Å²) in [6, 6.07) is 0.116. The molecule has 3 N–H and O–H groups in total. The van der Waals surface area contributed by atoms with Gasteiger partial charge in [0.05, 0.1) is 6.04 Å². The first-order chi connectivity index (χ1) is 7.02. The lowest BCUT2D eigenvalue weighted by Crippen LogP contribution is -2.47. The lowest BCUT2D eigenvalue weighted by molar-refractivity contribution is -0.123. The molecule has 4 nitrogen and oxygen atoms in total. The number of rotatable bonds is 4. The quantitative estimate of drug-likeness (QED) is 0.700. The maximum absolute atomic E-state index is 11.6. The van der Waals surface area contributed by atoms with Crippen LogP contribution in [0.2, 0.25) is 0 Å². The topological polar surface area (TPSA) is 58.4 Å². The molecule has 2 unspecified atom stereocenters. The Morgan fingerprint density at radius 3 is 2.73 bits per heavy atom. The van der Waals surface area contributed by atoms with Gasteiger partial charge in [0.25, 0.3) is 0 Å². The molecule has 0 aromatic carbocycles. The Morgan fingerprint density at radius 1 is 1.60 bits per heavy atom. The van der Waals surface area contributed by atoms with Crippen molar-refractivity contribution in [2.24, 2.45) is 11.7 Å². The minimum absolute atomic E-state index is 0.0229. The van der Waals surface area contributed by atoms with Crippen LogP contribution in [0.1, 0.15) is 26.7 Å². The van der Waals surface area contributed by atoms with Crippen molar-refractivity contribution in [3.05, 3.63) is 0 Å². The van der Waals surface area contributed by atoms with Crippen LogP contribution in [0.3, 0.4) is 0 Å². The number of amides is 1. The van der Waals surface area contributed by atoms with Crippen LogP contribution in [0.5, 0.6) is 0 Å². The van der Waals surface area contributed by atoms with Gasteiger partial charge in [0.2, 0.25) is 5.91 Å². The number of nitrogens with one attached hydrogen (secondary N) is 1. The van der Waals surface area contributed by atoms with Crippen molar-refractivity contribution in [2.45, 2.75) is 38.8 Å². The summed E-state index contributed by atoms with van der Waals surface area (Å²) in [4.78, 5) is 13.9. The highest BCUT2D eigenvalue weighted by molar-refractivity contribution is 5.81. The first-order valence-corrected chi connectivity index (χ1v) is 5.76. The van der Waals surface area contributed by atoms with Crippen LogP contribution in [-0.2, 0) is 4.79 Å². The minimum atomic E-state index is -0.378. The number of nitrogens with two attached hydrogens (primary N) is 1. The van der Waals surface area contributed by atoms with Crippen molar-refractivity contribution in [3.63, 3.8) is 0 Å². The normalized spacial score (nSPS) is 24.5. The molecule has 1 aliphatic rings. The minimum Gasteiger partial charge on any atom is -0.353 e. The van der Waals surface area contributed by atoms with E-state index >= 15 is 0 Å². The van der Waals surface area contributed by atoms with Gasteiger partial charge in [-0.1, -0.05) is 13.8 Å². The van der Waals surface area contributed by atoms with Gasteiger partial charge in [0.15, 0.2) is 0 Å². The van der Waals surface area contributed by atoms with Crippen LogP contribution in [0.15, 0.2) is 0 Å². The monoisotopic (exact) mass is 213 g/mol. The van der Waals surface area contributed by atoms with Gasteiger partial charge < -0.3 is 16.0 Å². The number of likely N-dealkylation sites (tertiary alicyclic amines) is 1. The molecular formula is C11H23N3O. The SMILES string of the molecule is CC(C)C(N)C(=O)NCC1CCCN1C. The second-order valence-electron chi connectivity index (χ2n) is 4.79. The Morgan fingerprint density at radius 2 is 2.27 bits per heavy atom. The van der Waals surface area contributed by atoms with Crippen LogP contribution in [0.25, 0.3) is 0 Å². The molecule has 1 amide bonds. The highest BCUT2D eigenvalue weighted by Gasteiger charge is 2.23. The van der Waals surface area contributed by atoms with Crippen molar-refractivity contribution in [1.29, 1.82) is 0 Å². The van der Waals surface area contributed by atoms with E-state index in [9.17, 15) is 4.79 Å². The molecule has 1 fully saturated rings. The number of carbonyl (C=O) groups is 1. The Balaban J connectivity index is 2.27. The second-order valence-corrected chi connectivity index (χ2v) is 4.79. The Bertz CT molecular complexity index is 218. The largest absolute Gasteiger partial charge is 0.353 e. The van der Waals surface area contributed by atoms with Crippen molar-refractivity contribution in [1.82, 2.24) is 10.2 Å². The molecule has 1 rings (SSSR count). The number of likely N-dealkylation sites (N-methyl/N-ethyl adjacent to an activating group) is 1. The maximum atomic E-state index is 11.6. The molecule has 1 saturated heterocycles. The third kappa shape index (κ3) is 3.47. The summed E-state index contributed by atoms with van der Waals surface area (Å²) in [5, 5.41) is 2.93. The highest BCUT2D eigenvalue weighted by atomic mass is 16.2. The summed E-state index contributed by atoms with van der Waals surface area (Å²) in [6.45, 7) is 5.80. The average Bonchev–Trinajstić information content (AvgIpc) is 2.59. The molecule has 2 atom stereocenters. The molecule has 0 spiro atoms. The number of hydrogen-bond donors (Lipinski definition) is 2. The van der Waals surface area contributed by atoms with Crippen molar-refractivity contribution >= 4 is 5.91 Å². The van der Waals surface area contributed by atoms with Crippen LogP contribution in [0, 0.1) is 5.92 Å². The molecule has 0 aromatic heterocycles. The smallest absolute Gasteiger partial charge is 0.237 e. The van der Waals surface area contributed by atoms with Crippen LogP contribution >= 0.6 is 0 Å². The van der Waals surface area contributed by atoms with Crippen molar-refractivity contribution in [3.8, 4) is 0 Å². The fraction of sp³-hybridized carbons (Fsp3) is 0.909. The molecule has 4 heteroatoms. The molecule has 1 aliphatic heterocycles. The van der Waals surface area contributed by atoms with E-state index in [1.165, 1.54) is 12.8 Å². The second kappa shape index (κ2) is 5.47. The van der Waals surface area contributed by atoms with E-state index < -0.39 is 0 Å². The van der Waals surface area contributed by atoms with Gasteiger partial charge in [-0.3, -0.25) is 4.79 Å². The fourth-order valence-corrected chi connectivity index (χ4v) is 1.88. The van der Waals surface area contributed by atoms with Gasteiger partial charge >= 0.3 is 0 Å². The zero-order valence-electron chi connectivity index (χ0n) is 9.99. The van der Waals surface area contributed by atoms with Gasteiger partial charge in [-0.2, -0.15) is 0 Å². The third-order valence-corrected chi connectivity index (χ3v) is 3.20. The van der Waals surface area contributed by atoms with Crippen LogP contribution in [0.4, 0.5) is 0 Å². The van der Waals surface area contributed by atoms with E-state index in [1.54, 1.807) is 0 Å². The Kier molecular flexibility index (Phi) is 4.54. The summed E-state index contributed by atoms with van der Waals surface area (Å²) in [5.74, 6) is 0.177. The summed E-state index contributed by atoms with van der Waals surface area (Å²) in [5.41, 5.74) is 5.75. The first-order valence-electron chi connectivity index (χ1n) is 5.76. The zero-order chi connectivity index (χ0) is 11.4. The van der Waals surface area contributed by atoms with Crippen molar-refractivity contribution in [2.75, 3.05) is 20.1 Å².